The van der Waals surface area contributed by atoms with Crippen molar-refractivity contribution < 1.29 is 9.84 Å². The summed E-state index contributed by atoms with van der Waals surface area (Å²) in [6, 6.07) is 8.84. The number of methoxy groups -OCH3 is 1. The lowest BCUT2D eigenvalue weighted by Gasteiger charge is -2.08. The summed E-state index contributed by atoms with van der Waals surface area (Å²) in [6.45, 7) is 0. The third kappa shape index (κ3) is 1.40. The van der Waals surface area contributed by atoms with Crippen LogP contribution in [0.5, 0.6) is 11.5 Å². The number of rotatable bonds is 2. The number of hydrogen-bond acceptors (Lipinski definition) is 4. The standard InChI is InChI=1S/C11H10N2O2/c1-15-10-6-9(13-12)11(14)8-5-3-2-4-7(8)10/h2-6,12,14H,1H3. The van der Waals surface area contributed by atoms with Crippen LogP contribution in [0.2, 0.25) is 0 Å². The Morgan fingerprint density at radius 3 is 2.53 bits per heavy atom. The van der Waals surface area contributed by atoms with E-state index in [0.29, 0.717) is 11.1 Å². The van der Waals surface area contributed by atoms with Crippen LogP contribution in [0.15, 0.2) is 35.4 Å². The summed E-state index contributed by atoms with van der Waals surface area (Å²) in [7, 11) is 1.55. The Kier molecular flexibility index (Phi) is 2.25. The molecular weight excluding hydrogens is 192 g/mol. The summed E-state index contributed by atoms with van der Waals surface area (Å²) in [5, 5.41) is 14.5. The Morgan fingerprint density at radius 2 is 1.93 bits per heavy atom. The van der Waals surface area contributed by atoms with Gasteiger partial charge in [-0.1, -0.05) is 24.3 Å². The van der Waals surface area contributed by atoms with Crippen LogP contribution in [0.3, 0.4) is 0 Å². The highest BCUT2D eigenvalue weighted by molar-refractivity contribution is 5.96. The first-order chi connectivity index (χ1) is 7.27. The number of phenolic OH excluding ortho intramolecular Hbond substituents is 1. The lowest BCUT2D eigenvalue weighted by molar-refractivity contribution is 0.418. The normalized spacial score (nSPS) is 10.2. The molecule has 0 spiro atoms. The van der Waals surface area contributed by atoms with Gasteiger partial charge in [0.05, 0.1) is 7.11 Å². The molecule has 0 aliphatic heterocycles. The van der Waals surface area contributed by atoms with Gasteiger partial charge in [-0.15, -0.1) is 0 Å². The SMILES string of the molecule is COc1cc(N=N)c(O)c2ccccc12. The van der Waals surface area contributed by atoms with Crippen molar-refractivity contribution in [1.29, 1.82) is 5.53 Å². The molecule has 0 amide bonds. The van der Waals surface area contributed by atoms with Crippen molar-refractivity contribution in [3.8, 4) is 11.5 Å². The third-order valence-electron chi connectivity index (χ3n) is 2.30. The molecule has 2 aromatic rings. The van der Waals surface area contributed by atoms with Crippen LogP contribution < -0.4 is 4.74 Å². The number of nitrogens with one attached hydrogen (secondary N) is 1. The van der Waals surface area contributed by atoms with Crippen LogP contribution in [0.1, 0.15) is 0 Å². The first-order valence-corrected chi connectivity index (χ1v) is 4.44. The molecule has 2 rings (SSSR count). The Morgan fingerprint density at radius 1 is 1.27 bits per heavy atom. The smallest absolute Gasteiger partial charge is 0.151 e. The van der Waals surface area contributed by atoms with Gasteiger partial charge in [0.1, 0.15) is 11.4 Å². The van der Waals surface area contributed by atoms with Gasteiger partial charge in [-0.2, -0.15) is 5.11 Å². The minimum absolute atomic E-state index is 0.0152. The van der Waals surface area contributed by atoms with Gasteiger partial charge >= 0.3 is 0 Å². The number of nitrogens with zero attached hydrogens (tertiary/aromatic N) is 1. The minimum Gasteiger partial charge on any atom is -0.505 e. The zero-order valence-electron chi connectivity index (χ0n) is 8.19. The second-order valence-electron chi connectivity index (χ2n) is 3.10. The molecule has 0 fully saturated rings. The zero-order chi connectivity index (χ0) is 10.8. The molecule has 0 bridgehead atoms. The lowest BCUT2D eigenvalue weighted by atomic mass is 10.1. The van der Waals surface area contributed by atoms with E-state index in [1.54, 1.807) is 19.2 Å². The molecule has 4 nitrogen and oxygen atoms in total. The van der Waals surface area contributed by atoms with Gasteiger partial charge in [0, 0.05) is 16.8 Å². The van der Waals surface area contributed by atoms with Crippen molar-refractivity contribution in [3.63, 3.8) is 0 Å². The zero-order valence-corrected chi connectivity index (χ0v) is 8.19. The molecular formula is C11H10N2O2. The molecule has 0 saturated carbocycles. The van der Waals surface area contributed by atoms with E-state index in [9.17, 15) is 5.11 Å². The van der Waals surface area contributed by atoms with Crippen molar-refractivity contribution in [2.75, 3.05) is 7.11 Å². The molecule has 0 aliphatic rings. The first kappa shape index (κ1) is 9.45. The first-order valence-electron chi connectivity index (χ1n) is 4.44. The minimum atomic E-state index is 0.0152. The van der Waals surface area contributed by atoms with E-state index in [1.807, 2.05) is 18.2 Å². The molecule has 2 N–H and O–H groups in total. The molecule has 0 aliphatic carbocycles. The Hall–Kier alpha value is -2.10. The van der Waals surface area contributed by atoms with Crippen LogP contribution in [0.25, 0.3) is 10.8 Å². The van der Waals surface area contributed by atoms with E-state index in [1.165, 1.54) is 0 Å². The molecule has 0 unspecified atom stereocenters. The Bertz CT molecular complexity index is 523. The van der Waals surface area contributed by atoms with E-state index in [-0.39, 0.29) is 11.4 Å². The number of aromatic hydroxyl groups is 1. The molecule has 0 atom stereocenters. The van der Waals surface area contributed by atoms with Gasteiger partial charge in [-0.3, -0.25) is 0 Å². The molecule has 15 heavy (non-hydrogen) atoms. The van der Waals surface area contributed by atoms with Gasteiger partial charge in [-0.05, 0) is 0 Å². The lowest BCUT2D eigenvalue weighted by Crippen LogP contribution is -1.85. The quantitative estimate of drug-likeness (QED) is 0.734. The van der Waals surface area contributed by atoms with Crippen LogP contribution >= 0.6 is 0 Å². The highest BCUT2D eigenvalue weighted by Crippen LogP contribution is 2.40. The number of benzene rings is 2. The molecule has 0 saturated heterocycles. The van der Waals surface area contributed by atoms with Crippen molar-refractivity contribution in [2.45, 2.75) is 0 Å². The van der Waals surface area contributed by atoms with E-state index >= 15 is 0 Å². The molecule has 0 radical (unpaired) electrons. The summed E-state index contributed by atoms with van der Waals surface area (Å²) in [4.78, 5) is 0. The predicted octanol–water partition coefficient (Wildman–Crippen LogP) is 3.22. The average Bonchev–Trinajstić information content (AvgIpc) is 2.30. The van der Waals surface area contributed by atoms with E-state index in [4.69, 9.17) is 10.3 Å². The van der Waals surface area contributed by atoms with Crippen LogP contribution in [0, 0.1) is 5.53 Å². The number of fused-ring (bicyclic) bond motifs is 1. The van der Waals surface area contributed by atoms with E-state index < -0.39 is 0 Å². The maximum atomic E-state index is 9.80. The summed E-state index contributed by atoms with van der Waals surface area (Å²) < 4.78 is 5.17. The maximum absolute atomic E-state index is 9.80. The van der Waals surface area contributed by atoms with Crippen molar-refractivity contribution in [3.05, 3.63) is 30.3 Å². The van der Waals surface area contributed by atoms with Crippen LogP contribution in [-0.4, -0.2) is 12.2 Å². The average molecular weight is 202 g/mol. The highest BCUT2D eigenvalue weighted by Gasteiger charge is 2.10. The molecule has 76 valence electrons. The van der Waals surface area contributed by atoms with Gasteiger partial charge in [-0.25, -0.2) is 5.53 Å². The van der Waals surface area contributed by atoms with Gasteiger partial charge in [0.2, 0.25) is 0 Å². The third-order valence-corrected chi connectivity index (χ3v) is 2.30. The molecule has 0 heterocycles. The van der Waals surface area contributed by atoms with E-state index in [2.05, 4.69) is 5.11 Å². The number of ether oxygens (including phenoxy) is 1. The van der Waals surface area contributed by atoms with Gasteiger partial charge < -0.3 is 9.84 Å². The summed E-state index contributed by atoms with van der Waals surface area (Å²) in [6.07, 6.45) is 0. The second kappa shape index (κ2) is 3.57. The van der Waals surface area contributed by atoms with Gasteiger partial charge in [0.25, 0.3) is 0 Å². The summed E-state index contributed by atoms with van der Waals surface area (Å²) in [5.41, 5.74) is 7.15. The summed E-state index contributed by atoms with van der Waals surface area (Å²) >= 11 is 0. The monoisotopic (exact) mass is 202 g/mol. The number of hydrogen-bond donors (Lipinski definition) is 2. The Labute approximate surface area is 86.6 Å². The highest BCUT2D eigenvalue weighted by atomic mass is 16.5. The van der Waals surface area contributed by atoms with Gasteiger partial charge in [0.15, 0.2) is 5.75 Å². The number of phenols is 1. The predicted molar refractivity (Wildman–Crippen MR) is 57.0 cm³/mol. The fourth-order valence-corrected chi connectivity index (χ4v) is 1.57. The van der Waals surface area contributed by atoms with Crippen molar-refractivity contribution >= 4 is 16.5 Å². The fourth-order valence-electron chi connectivity index (χ4n) is 1.57. The molecule has 0 aromatic heterocycles. The Balaban J connectivity index is 2.89. The van der Waals surface area contributed by atoms with Crippen molar-refractivity contribution in [1.82, 2.24) is 0 Å². The molecule has 4 heteroatoms. The summed E-state index contributed by atoms with van der Waals surface area (Å²) in [5.74, 6) is 0.621. The van der Waals surface area contributed by atoms with Crippen molar-refractivity contribution in [2.24, 2.45) is 5.11 Å². The fraction of sp³-hybridized carbons (Fsp3) is 0.0909. The maximum Gasteiger partial charge on any atom is 0.151 e. The topological polar surface area (TPSA) is 65.7 Å². The van der Waals surface area contributed by atoms with Crippen LogP contribution in [0.4, 0.5) is 5.69 Å². The van der Waals surface area contributed by atoms with E-state index in [0.717, 1.165) is 5.39 Å². The second-order valence-corrected chi connectivity index (χ2v) is 3.10. The largest absolute Gasteiger partial charge is 0.505 e. The van der Waals surface area contributed by atoms with Crippen LogP contribution in [-0.2, 0) is 0 Å². The molecule has 2 aromatic carbocycles.